The van der Waals surface area contributed by atoms with Crippen molar-refractivity contribution >= 4 is 0 Å². The molecule has 0 aliphatic heterocycles. The standard InChI is InChI=1S/C20H23N3O/c1-16-8-9-20(24-2)18(12-16)10-11-21-13-17-14-22-23(15-17)19-6-4-3-5-7-19/h3-9,12,14-15,21H,10-11,13H2,1-2H3. The molecule has 1 aromatic heterocycles. The Morgan fingerprint density at radius 2 is 1.96 bits per heavy atom. The Balaban J connectivity index is 1.52. The van der Waals surface area contributed by atoms with Crippen LogP contribution in [-0.4, -0.2) is 23.4 Å². The van der Waals surface area contributed by atoms with Gasteiger partial charge in [-0.15, -0.1) is 0 Å². The zero-order valence-corrected chi connectivity index (χ0v) is 14.2. The second-order valence-electron chi connectivity index (χ2n) is 5.87. The van der Waals surface area contributed by atoms with E-state index in [1.165, 1.54) is 16.7 Å². The summed E-state index contributed by atoms with van der Waals surface area (Å²) in [5.41, 5.74) is 4.75. The van der Waals surface area contributed by atoms with Crippen LogP contribution in [0.5, 0.6) is 5.75 Å². The molecule has 4 heteroatoms. The summed E-state index contributed by atoms with van der Waals surface area (Å²) in [5, 5.41) is 7.90. The summed E-state index contributed by atoms with van der Waals surface area (Å²) < 4.78 is 7.33. The predicted octanol–water partition coefficient (Wildman–Crippen LogP) is 3.52. The maximum atomic E-state index is 5.43. The van der Waals surface area contributed by atoms with Gasteiger partial charge in [-0.3, -0.25) is 0 Å². The molecule has 0 spiro atoms. The van der Waals surface area contributed by atoms with Gasteiger partial charge in [0.1, 0.15) is 5.75 Å². The number of nitrogens with one attached hydrogen (secondary N) is 1. The number of rotatable bonds is 7. The number of methoxy groups -OCH3 is 1. The molecule has 0 unspecified atom stereocenters. The molecule has 3 rings (SSSR count). The summed E-state index contributed by atoms with van der Waals surface area (Å²) >= 11 is 0. The van der Waals surface area contributed by atoms with E-state index in [1.54, 1.807) is 7.11 Å². The molecule has 0 saturated heterocycles. The maximum absolute atomic E-state index is 5.43. The van der Waals surface area contributed by atoms with Crippen LogP contribution in [0.1, 0.15) is 16.7 Å². The van der Waals surface area contributed by atoms with Crippen molar-refractivity contribution in [1.82, 2.24) is 15.1 Å². The van der Waals surface area contributed by atoms with Gasteiger partial charge in [-0.1, -0.05) is 35.9 Å². The molecule has 0 atom stereocenters. The maximum Gasteiger partial charge on any atom is 0.122 e. The van der Waals surface area contributed by atoms with Crippen molar-refractivity contribution in [3.63, 3.8) is 0 Å². The van der Waals surface area contributed by atoms with E-state index in [0.717, 1.165) is 30.9 Å². The van der Waals surface area contributed by atoms with Gasteiger partial charge in [0, 0.05) is 18.3 Å². The average Bonchev–Trinajstić information content (AvgIpc) is 3.09. The van der Waals surface area contributed by atoms with E-state index >= 15 is 0 Å². The summed E-state index contributed by atoms with van der Waals surface area (Å²) in [5.74, 6) is 0.958. The van der Waals surface area contributed by atoms with Gasteiger partial charge in [0.2, 0.25) is 0 Å². The van der Waals surface area contributed by atoms with Crippen LogP contribution in [0.2, 0.25) is 0 Å². The molecule has 1 heterocycles. The van der Waals surface area contributed by atoms with E-state index in [9.17, 15) is 0 Å². The Bertz CT molecular complexity index is 781. The molecule has 0 fully saturated rings. The Kier molecular flexibility index (Phi) is 5.29. The SMILES string of the molecule is COc1ccc(C)cc1CCNCc1cnn(-c2ccccc2)c1. The van der Waals surface area contributed by atoms with Crippen LogP contribution < -0.4 is 10.1 Å². The van der Waals surface area contributed by atoms with Gasteiger partial charge in [0.15, 0.2) is 0 Å². The second kappa shape index (κ2) is 7.79. The lowest BCUT2D eigenvalue weighted by Gasteiger charge is -2.10. The van der Waals surface area contributed by atoms with Gasteiger partial charge >= 0.3 is 0 Å². The molecule has 0 saturated carbocycles. The van der Waals surface area contributed by atoms with Gasteiger partial charge in [-0.25, -0.2) is 4.68 Å². The van der Waals surface area contributed by atoms with Crippen molar-refractivity contribution < 1.29 is 4.74 Å². The third kappa shape index (κ3) is 4.03. The molecule has 124 valence electrons. The first kappa shape index (κ1) is 16.3. The number of nitrogens with zero attached hydrogens (tertiary/aromatic N) is 2. The minimum atomic E-state index is 0.807. The van der Waals surface area contributed by atoms with Crippen molar-refractivity contribution in [2.24, 2.45) is 0 Å². The molecule has 3 aromatic rings. The van der Waals surface area contributed by atoms with Crippen LogP contribution in [0, 0.1) is 6.92 Å². The number of para-hydroxylation sites is 1. The largest absolute Gasteiger partial charge is 0.496 e. The number of ether oxygens (including phenoxy) is 1. The number of benzene rings is 2. The first-order chi connectivity index (χ1) is 11.8. The highest BCUT2D eigenvalue weighted by atomic mass is 16.5. The highest BCUT2D eigenvalue weighted by Crippen LogP contribution is 2.19. The summed E-state index contributed by atoms with van der Waals surface area (Å²) in [7, 11) is 1.72. The Labute approximate surface area is 143 Å². The predicted molar refractivity (Wildman–Crippen MR) is 96.7 cm³/mol. The van der Waals surface area contributed by atoms with Crippen LogP contribution in [0.25, 0.3) is 5.69 Å². The zero-order valence-electron chi connectivity index (χ0n) is 14.2. The van der Waals surface area contributed by atoms with Crippen LogP contribution in [0.15, 0.2) is 60.9 Å². The van der Waals surface area contributed by atoms with Gasteiger partial charge in [-0.05, 0) is 43.7 Å². The fraction of sp³-hybridized carbons (Fsp3) is 0.250. The molecular formula is C20H23N3O. The van der Waals surface area contributed by atoms with Crippen molar-refractivity contribution in [2.75, 3.05) is 13.7 Å². The molecular weight excluding hydrogens is 298 g/mol. The van der Waals surface area contributed by atoms with Gasteiger partial charge in [0.25, 0.3) is 0 Å². The minimum Gasteiger partial charge on any atom is -0.496 e. The Morgan fingerprint density at radius 3 is 2.75 bits per heavy atom. The first-order valence-corrected chi connectivity index (χ1v) is 8.19. The van der Waals surface area contributed by atoms with Gasteiger partial charge < -0.3 is 10.1 Å². The quantitative estimate of drug-likeness (QED) is 0.677. The van der Waals surface area contributed by atoms with Crippen LogP contribution >= 0.6 is 0 Å². The summed E-state index contributed by atoms with van der Waals surface area (Å²) in [6, 6.07) is 16.4. The average molecular weight is 321 g/mol. The molecule has 0 bridgehead atoms. The lowest BCUT2D eigenvalue weighted by Crippen LogP contribution is -2.16. The van der Waals surface area contributed by atoms with Crippen LogP contribution in [-0.2, 0) is 13.0 Å². The molecule has 4 nitrogen and oxygen atoms in total. The lowest BCUT2D eigenvalue weighted by atomic mass is 10.1. The third-order valence-electron chi connectivity index (χ3n) is 3.99. The summed E-state index contributed by atoms with van der Waals surface area (Å²) in [6.45, 7) is 3.81. The number of aryl methyl sites for hydroxylation is 1. The zero-order chi connectivity index (χ0) is 16.8. The van der Waals surface area contributed by atoms with E-state index in [4.69, 9.17) is 4.74 Å². The van der Waals surface area contributed by atoms with Crippen molar-refractivity contribution in [3.8, 4) is 11.4 Å². The van der Waals surface area contributed by atoms with E-state index in [2.05, 4.69) is 35.7 Å². The number of hydrogen-bond acceptors (Lipinski definition) is 3. The molecule has 24 heavy (non-hydrogen) atoms. The number of hydrogen-bond donors (Lipinski definition) is 1. The Morgan fingerprint density at radius 1 is 1.12 bits per heavy atom. The van der Waals surface area contributed by atoms with Crippen LogP contribution in [0.3, 0.4) is 0 Å². The fourth-order valence-electron chi connectivity index (χ4n) is 2.73. The van der Waals surface area contributed by atoms with E-state index in [1.807, 2.05) is 47.3 Å². The van der Waals surface area contributed by atoms with Crippen molar-refractivity contribution in [1.29, 1.82) is 0 Å². The molecule has 1 N–H and O–H groups in total. The first-order valence-electron chi connectivity index (χ1n) is 8.19. The normalized spacial score (nSPS) is 10.8. The van der Waals surface area contributed by atoms with E-state index < -0.39 is 0 Å². The molecule has 2 aromatic carbocycles. The van der Waals surface area contributed by atoms with E-state index in [-0.39, 0.29) is 0 Å². The fourth-order valence-corrected chi connectivity index (χ4v) is 2.73. The summed E-state index contributed by atoms with van der Waals surface area (Å²) in [6.07, 6.45) is 4.92. The second-order valence-corrected chi connectivity index (χ2v) is 5.87. The third-order valence-corrected chi connectivity index (χ3v) is 3.99. The van der Waals surface area contributed by atoms with E-state index in [0.29, 0.717) is 0 Å². The molecule has 0 aliphatic rings. The van der Waals surface area contributed by atoms with Crippen LogP contribution in [0.4, 0.5) is 0 Å². The van der Waals surface area contributed by atoms with Crippen molar-refractivity contribution in [3.05, 3.63) is 77.6 Å². The monoisotopic (exact) mass is 321 g/mol. The highest BCUT2D eigenvalue weighted by Gasteiger charge is 2.04. The number of aromatic nitrogens is 2. The molecule has 0 radical (unpaired) electrons. The molecule has 0 amide bonds. The Hall–Kier alpha value is -2.59. The van der Waals surface area contributed by atoms with Gasteiger partial charge in [0.05, 0.1) is 19.0 Å². The van der Waals surface area contributed by atoms with Gasteiger partial charge in [-0.2, -0.15) is 5.10 Å². The summed E-state index contributed by atoms with van der Waals surface area (Å²) in [4.78, 5) is 0. The topological polar surface area (TPSA) is 39.1 Å². The highest BCUT2D eigenvalue weighted by molar-refractivity contribution is 5.37. The minimum absolute atomic E-state index is 0.807. The molecule has 0 aliphatic carbocycles. The smallest absolute Gasteiger partial charge is 0.122 e. The lowest BCUT2D eigenvalue weighted by molar-refractivity contribution is 0.409. The van der Waals surface area contributed by atoms with Crippen molar-refractivity contribution in [2.45, 2.75) is 19.9 Å².